The molecule has 1 saturated heterocycles. The van der Waals surface area contributed by atoms with Crippen LogP contribution in [0.5, 0.6) is 5.75 Å². The number of morpholine rings is 1. The van der Waals surface area contributed by atoms with Crippen molar-refractivity contribution in [1.82, 2.24) is 24.8 Å². The Hall–Kier alpha value is -4.11. The summed E-state index contributed by atoms with van der Waals surface area (Å²) in [7, 11) is 2.76. The standard InChI is InChI=1S/C27H29F3N6O5S/c1-27(2,3)41-26(38)36-8-9-40-14(12-36)11-31-23(37)13-6-7-16-15(10-13)32-24(35(16)4)34-25-33-20-17(28)18(29)21(39-5)19(30)22(20)42-25/h6-7,10,14H,8-9,11-12H2,1-5H3,(H,31,37)(H,32,33,34). The minimum atomic E-state index is -1.46. The van der Waals surface area contributed by atoms with Gasteiger partial charge in [-0.2, -0.15) is 4.39 Å². The first-order valence-electron chi connectivity index (χ1n) is 13.0. The molecule has 0 radical (unpaired) electrons. The van der Waals surface area contributed by atoms with E-state index in [2.05, 4.69) is 25.3 Å². The quantitative estimate of drug-likeness (QED) is 0.303. The van der Waals surface area contributed by atoms with Gasteiger partial charge in [-0.3, -0.25) is 4.79 Å². The zero-order valence-corrected chi connectivity index (χ0v) is 24.3. The fourth-order valence-corrected chi connectivity index (χ4v) is 5.33. The molecule has 1 atom stereocenters. The number of carbonyl (C=O) groups excluding carboxylic acids is 2. The number of aromatic nitrogens is 3. The largest absolute Gasteiger partial charge is 0.491 e. The summed E-state index contributed by atoms with van der Waals surface area (Å²) < 4.78 is 60.5. The molecule has 1 unspecified atom stereocenters. The number of ether oxygens (including phenoxy) is 3. The second-order valence-corrected chi connectivity index (χ2v) is 11.6. The maximum absolute atomic E-state index is 14.6. The Bertz CT molecular complexity index is 1680. The number of hydrogen-bond acceptors (Lipinski definition) is 9. The predicted octanol–water partition coefficient (Wildman–Crippen LogP) is 4.72. The number of fused-ring (bicyclic) bond motifs is 2. The minimum absolute atomic E-state index is 0.0831. The van der Waals surface area contributed by atoms with Crippen LogP contribution < -0.4 is 15.4 Å². The lowest BCUT2D eigenvalue weighted by atomic mass is 10.2. The second-order valence-electron chi connectivity index (χ2n) is 10.6. The number of thiazole rings is 1. The molecule has 42 heavy (non-hydrogen) atoms. The van der Waals surface area contributed by atoms with E-state index in [-0.39, 0.29) is 34.8 Å². The van der Waals surface area contributed by atoms with E-state index in [4.69, 9.17) is 9.47 Å². The molecule has 0 aliphatic carbocycles. The highest BCUT2D eigenvalue weighted by atomic mass is 32.1. The molecule has 11 nitrogen and oxygen atoms in total. The van der Waals surface area contributed by atoms with Gasteiger partial charge >= 0.3 is 6.09 Å². The van der Waals surface area contributed by atoms with E-state index in [0.29, 0.717) is 29.7 Å². The third-order valence-electron chi connectivity index (χ3n) is 6.47. The van der Waals surface area contributed by atoms with Gasteiger partial charge in [-0.15, -0.1) is 0 Å². The van der Waals surface area contributed by atoms with Gasteiger partial charge in [0.2, 0.25) is 11.8 Å². The lowest BCUT2D eigenvalue weighted by molar-refractivity contribution is -0.0404. The third kappa shape index (κ3) is 5.79. The van der Waals surface area contributed by atoms with E-state index < -0.39 is 46.5 Å². The molecule has 2 aromatic heterocycles. The Balaban J connectivity index is 1.28. The SMILES string of the molecule is COc1c(F)c(F)c2nc(Nc3nc4cc(C(=O)NCC5CN(C(=O)OC(C)(C)C)CCO5)ccc4n3C)sc2c1F. The molecule has 0 spiro atoms. The van der Waals surface area contributed by atoms with Crippen LogP contribution >= 0.6 is 11.3 Å². The monoisotopic (exact) mass is 606 g/mol. The van der Waals surface area contributed by atoms with Crippen molar-refractivity contribution in [2.45, 2.75) is 32.5 Å². The number of anilines is 2. The van der Waals surface area contributed by atoms with Crippen LogP contribution in [0.2, 0.25) is 0 Å². The topological polar surface area (TPSA) is 120 Å². The number of rotatable bonds is 6. The Morgan fingerprint density at radius 1 is 1.17 bits per heavy atom. The van der Waals surface area contributed by atoms with E-state index in [9.17, 15) is 22.8 Å². The molecule has 0 bridgehead atoms. The van der Waals surface area contributed by atoms with Crippen LogP contribution in [-0.4, -0.2) is 76.5 Å². The summed E-state index contributed by atoms with van der Waals surface area (Å²) in [6.07, 6.45) is -0.832. The van der Waals surface area contributed by atoms with Crippen LogP contribution in [0.4, 0.5) is 29.0 Å². The predicted molar refractivity (Wildman–Crippen MR) is 150 cm³/mol. The maximum Gasteiger partial charge on any atom is 0.410 e. The minimum Gasteiger partial charge on any atom is -0.491 e. The number of amides is 2. The average molecular weight is 607 g/mol. The first-order chi connectivity index (χ1) is 19.9. The molecule has 1 aliphatic heterocycles. The first kappa shape index (κ1) is 29.4. The molecule has 224 valence electrons. The van der Waals surface area contributed by atoms with E-state index in [1.54, 1.807) is 55.5 Å². The zero-order chi connectivity index (χ0) is 30.3. The molecule has 5 rings (SSSR count). The van der Waals surface area contributed by atoms with Crippen LogP contribution in [-0.2, 0) is 16.5 Å². The number of nitrogens with zero attached hydrogens (tertiary/aromatic N) is 4. The van der Waals surface area contributed by atoms with Crippen LogP contribution in [0.1, 0.15) is 31.1 Å². The fourth-order valence-electron chi connectivity index (χ4n) is 4.45. The van der Waals surface area contributed by atoms with Crippen molar-refractivity contribution in [3.63, 3.8) is 0 Å². The van der Waals surface area contributed by atoms with Gasteiger partial charge in [-0.1, -0.05) is 11.3 Å². The van der Waals surface area contributed by atoms with Gasteiger partial charge in [0.25, 0.3) is 5.91 Å². The number of benzene rings is 2. The van der Waals surface area contributed by atoms with Crippen LogP contribution in [0.15, 0.2) is 18.2 Å². The Morgan fingerprint density at radius 2 is 1.93 bits per heavy atom. The van der Waals surface area contributed by atoms with Crippen molar-refractivity contribution in [2.75, 3.05) is 38.7 Å². The molecule has 3 heterocycles. The highest BCUT2D eigenvalue weighted by molar-refractivity contribution is 7.22. The van der Waals surface area contributed by atoms with Gasteiger partial charge in [0, 0.05) is 25.7 Å². The number of hydrogen-bond donors (Lipinski definition) is 2. The van der Waals surface area contributed by atoms with Crippen LogP contribution in [0.25, 0.3) is 21.3 Å². The Labute approximate surface area is 242 Å². The summed E-state index contributed by atoms with van der Waals surface area (Å²) in [5, 5.41) is 5.82. The van der Waals surface area contributed by atoms with Gasteiger partial charge in [0.1, 0.15) is 11.1 Å². The van der Waals surface area contributed by atoms with Crippen molar-refractivity contribution >= 4 is 55.7 Å². The molecule has 1 aliphatic rings. The number of imidazole rings is 1. The number of methoxy groups -OCH3 is 1. The molecule has 2 aromatic carbocycles. The van der Waals surface area contributed by atoms with Crippen molar-refractivity contribution in [1.29, 1.82) is 0 Å². The van der Waals surface area contributed by atoms with Gasteiger partial charge in [0.05, 0.1) is 42.1 Å². The molecule has 15 heteroatoms. The van der Waals surface area contributed by atoms with Crippen molar-refractivity contribution in [3.8, 4) is 5.75 Å². The summed E-state index contributed by atoms with van der Waals surface area (Å²) in [5.41, 5.74) is 0.412. The van der Waals surface area contributed by atoms with E-state index in [1.807, 2.05) is 0 Å². The van der Waals surface area contributed by atoms with Crippen LogP contribution in [0.3, 0.4) is 0 Å². The van der Waals surface area contributed by atoms with E-state index >= 15 is 0 Å². The average Bonchev–Trinajstić information content (AvgIpc) is 3.51. The van der Waals surface area contributed by atoms with Gasteiger partial charge in [0.15, 0.2) is 22.5 Å². The first-order valence-corrected chi connectivity index (χ1v) is 13.8. The molecule has 2 N–H and O–H groups in total. The smallest absolute Gasteiger partial charge is 0.410 e. The molecule has 2 amide bonds. The number of aryl methyl sites for hydroxylation is 1. The highest BCUT2D eigenvalue weighted by Gasteiger charge is 2.29. The van der Waals surface area contributed by atoms with Gasteiger partial charge < -0.3 is 34.3 Å². The number of halogens is 3. The summed E-state index contributed by atoms with van der Waals surface area (Å²) in [4.78, 5) is 35.4. The molecular weight excluding hydrogens is 577 g/mol. The molecule has 4 aromatic rings. The number of nitrogens with one attached hydrogen (secondary N) is 2. The molecular formula is C27H29F3N6O5S. The normalized spacial score (nSPS) is 15.7. The summed E-state index contributed by atoms with van der Waals surface area (Å²) >= 11 is 0.777. The summed E-state index contributed by atoms with van der Waals surface area (Å²) in [6.45, 7) is 6.57. The van der Waals surface area contributed by atoms with E-state index in [1.165, 1.54) is 0 Å². The maximum atomic E-state index is 14.6. The van der Waals surface area contributed by atoms with Gasteiger partial charge in [-0.25, -0.2) is 23.5 Å². The second kappa shape index (κ2) is 11.3. The zero-order valence-electron chi connectivity index (χ0n) is 23.5. The van der Waals surface area contributed by atoms with Crippen molar-refractivity contribution in [3.05, 3.63) is 41.2 Å². The van der Waals surface area contributed by atoms with Crippen molar-refractivity contribution < 1.29 is 37.0 Å². The Morgan fingerprint density at radius 3 is 2.64 bits per heavy atom. The molecule has 0 saturated carbocycles. The van der Waals surface area contributed by atoms with E-state index in [0.717, 1.165) is 18.4 Å². The molecule has 1 fully saturated rings. The van der Waals surface area contributed by atoms with Gasteiger partial charge in [-0.05, 0) is 39.0 Å². The summed E-state index contributed by atoms with van der Waals surface area (Å²) in [5.74, 6) is -4.71. The van der Waals surface area contributed by atoms with Crippen molar-refractivity contribution in [2.24, 2.45) is 7.05 Å². The lowest BCUT2D eigenvalue weighted by Crippen LogP contribution is -2.50. The number of carbonyl (C=O) groups is 2. The van der Waals surface area contributed by atoms with Crippen LogP contribution in [0, 0.1) is 17.5 Å². The fraction of sp³-hybridized carbons (Fsp3) is 0.407. The summed E-state index contributed by atoms with van der Waals surface area (Å²) in [6, 6.07) is 4.94. The third-order valence-corrected chi connectivity index (χ3v) is 7.44. The lowest BCUT2D eigenvalue weighted by Gasteiger charge is -2.34. The highest BCUT2D eigenvalue weighted by Crippen LogP contribution is 2.38. The Kier molecular flexibility index (Phi) is 7.90.